The number of carbonyl (C=O) groups is 3. The molecule has 3 amide bonds. The van der Waals surface area contributed by atoms with Gasteiger partial charge in [-0.3, -0.25) is 19.1 Å². The van der Waals surface area contributed by atoms with Crippen LogP contribution in [0.4, 0.5) is 18.9 Å². The molecule has 2 aliphatic carbocycles. The predicted octanol–water partition coefficient (Wildman–Crippen LogP) is 3.93. The zero-order valence-electron chi connectivity index (χ0n) is 22.5. The fourth-order valence-corrected chi connectivity index (χ4v) is 5.60. The highest BCUT2D eigenvalue weighted by atomic mass is 19.4. The van der Waals surface area contributed by atoms with Crippen LogP contribution in [0.1, 0.15) is 73.3 Å². The van der Waals surface area contributed by atoms with E-state index in [0.717, 1.165) is 25.7 Å². The Morgan fingerprint density at radius 1 is 1.10 bits per heavy atom. The minimum absolute atomic E-state index is 0.0236. The Labute approximate surface area is 230 Å². The van der Waals surface area contributed by atoms with Crippen molar-refractivity contribution >= 4 is 23.4 Å². The van der Waals surface area contributed by atoms with Gasteiger partial charge >= 0.3 is 6.18 Å². The normalized spacial score (nSPS) is 19.7. The van der Waals surface area contributed by atoms with Crippen molar-refractivity contribution in [2.75, 3.05) is 18.5 Å². The lowest BCUT2D eigenvalue weighted by Crippen LogP contribution is -2.50. The molecular formula is C28H34F3N5O4. The molecule has 1 aliphatic heterocycles. The number of aromatic nitrogens is 2. The minimum Gasteiger partial charge on any atom is -0.363 e. The fourth-order valence-electron chi connectivity index (χ4n) is 5.60. The van der Waals surface area contributed by atoms with Gasteiger partial charge in [-0.25, -0.2) is 0 Å². The second-order valence-electron chi connectivity index (χ2n) is 11.2. The number of amides is 3. The SMILES string of the molecule is CC(C)n1nccc1C(=O)N[C@H](C(=O)Nc1ccc2c(c1)CCOC2C(=O)NCC(F)(F)F)C(C1CC1)C1CC1. The van der Waals surface area contributed by atoms with Crippen LogP contribution in [0, 0.1) is 17.8 Å². The number of carbonyl (C=O) groups excluding carboxylic acids is 3. The Morgan fingerprint density at radius 3 is 2.42 bits per heavy atom. The molecule has 2 aromatic rings. The Morgan fingerprint density at radius 2 is 1.80 bits per heavy atom. The molecule has 2 saturated carbocycles. The molecule has 1 unspecified atom stereocenters. The maximum atomic E-state index is 13.7. The van der Waals surface area contributed by atoms with Crippen molar-refractivity contribution in [3.63, 3.8) is 0 Å². The first kappa shape index (κ1) is 28.1. The van der Waals surface area contributed by atoms with Crippen LogP contribution < -0.4 is 16.0 Å². The van der Waals surface area contributed by atoms with E-state index in [9.17, 15) is 27.6 Å². The molecule has 3 aliphatic rings. The number of hydrogen-bond acceptors (Lipinski definition) is 5. The number of nitrogens with zero attached hydrogens (tertiary/aromatic N) is 2. The summed E-state index contributed by atoms with van der Waals surface area (Å²) in [6.07, 6.45) is 0.430. The quantitative estimate of drug-likeness (QED) is 0.407. The van der Waals surface area contributed by atoms with Crippen molar-refractivity contribution in [2.24, 2.45) is 17.8 Å². The Balaban J connectivity index is 1.33. The fraction of sp³-hybridized carbons (Fsp3) is 0.571. The van der Waals surface area contributed by atoms with E-state index in [1.165, 1.54) is 0 Å². The number of rotatable bonds is 10. The van der Waals surface area contributed by atoms with E-state index in [0.29, 0.717) is 40.8 Å². The second kappa shape index (κ2) is 11.2. The van der Waals surface area contributed by atoms with Gasteiger partial charge in [0.05, 0.1) is 6.61 Å². The number of halogens is 3. The number of fused-ring (bicyclic) bond motifs is 1. The third-order valence-corrected chi connectivity index (χ3v) is 7.73. The van der Waals surface area contributed by atoms with Crippen LogP contribution in [0.2, 0.25) is 0 Å². The smallest absolute Gasteiger partial charge is 0.363 e. The van der Waals surface area contributed by atoms with Gasteiger partial charge in [-0.05, 0) is 93.0 Å². The molecule has 2 heterocycles. The molecule has 0 bridgehead atoms. The summed E-state index contributed by atoms with van der Waals surface area (Å²) in [7, 11) is 0. The number of ether oxygens (including phenoxy) is 1. The van der Waals surface area contributed by atoms with Crippen LogP contribution in [-0.2, 0) is 20.7 Å². The predicted molar refractivity (Wildman–Crippen MR) is 139 cm³/mol. The number of nitrogens with one attached hydrogen (secondary N) is 3. The van der Waals surface area contributed by atoms with Gasteiger partial charge in [0.2, 0.25) is 5.91 Å². The first-order chi connectivity index (χ1) is 19.0. The lowest BCUT2D eigenvalue weighted by atomic mass is 9.88. The lowest BCUT2D eigenvalue weighted by molar-refractivity contribution is -0.146. The van der Waals surface area contributed by atoms with Crippen LogP contribution in [0.25, 0.3) is 0 Å². The Bertz CT molecular complexity index is 1260. The first-order valence-electron chi connectivity index (χ1n) is 13.8. The summed E-state index contributed by atoms with van der Waals surface area (Å²) in [6, 6.07) is 5.80. The zero-order valence-corrected chi connectivity index (χ0v) is 22.5. The molecule has 0 radical (unpaired) electrons. The molecule has 2 fully saturated rings. The molecule has 3 N–H and O–H groups in total. The molecule has 216 valence electrons. The van der Waals surface area contributed by atoms with Crippen molar-refractivity contribution in [1.29, 1.82) is 0 Å². The van der Waals surface area contributed by atoms with Crippen LogP contribution in [0.5, 0.6) is 0 Å². The van der Waals surface area contributed by atoms with Crippen LogP contribution in [0.3, 0.4) is 0 Å². The minimum atomic E-state index is -4.53. The van der Waals surface area contributed by atoms with Crippen LogP contribution in [-0.4, -0.2) is 52.9 Å². The average Bonchev–Trinajstić information content (AvgIpc) is 3.85. The van der Waals surface area contributed by atoms with Crippen molar-refractivity contribution in [3.8, 4) is 0 Å². The molecule has 1 aromatic carbocycles. The van der Waals surface area contributed by atoms with Crippen molar-refractivity contribution in [3.05, 3.63) is 47.3 Å². The van der Waals surface area contributed by atoms with Crippen LogP contribution in [0.15, 0.2) is 30.5 Å². The summed E-state index contributed by atoms with van der Waals surface area (Å²) in [4.78, 5) is 39.4. The highest BCUT2D eigenvalue weighted by molar-refractivity contribution is 6.01. The monoisotopic (exact) mass is 561 g/mol. The van der Waals surface area contributed by atoms with Gasteiger partial charge in [0, 0.05) is 17.9 Å². The molecule has 2 atom stereocenters. The van der Waals surface area contributed by atoms with Gasteiger partial charge in [-0.2, -0.15) is 18.3 Å². The largest absolute Gasteiger partial charge is 0.405 e. The van der Waals surface area contributed by atoms with E-state index in [2.05, 4.69) is 15.7 Å². The molecule has 12 heteroatoms. The van der Waals surface area contributed by atoms with E-state index in [4.69, 9.17) is 4.74 Å². The number of anilines is 1. The van der Waals surface area contributed by atoms with Gasteiger partial charge in [-0.15, -0.1) is 0 Å². The molecule has 1 aromatic heterocycles. The maximum Gasteiger partial charge on any atom is 0.405 e. The maximum absolute atomic E-state index is 13.7. The van der Waals surface area contributed by atoms with Gasteiger partial charge in [0.25, 0.3) is 11.8 Å². The highest BCUT2D eigenvalue weighted by Gasteiger charge is 2.48. The van der Waals surface area contributed by atoms with E-state index in [1.807, 2.05) is 19.2 Å². The van der Waals surface area contributed by atoms with E-state index < -0.39 is 30.8 Å². The Hall–Kier alpha value is -3.41. The molecule has 5 rings (SSSR count). The highest BCUT2D eigenvalue weighted by Crippen LogP contribution is 2.51. The van der Waals surface area contributed by atoms with E-state index in [1.54, 1.807) is 35.1 Å². The number of benzene rings is 1. The van der Waals surface area contributed by atoms with Crippen molar-refractivity contribution < 1.29 is 32.3 Å². The third kappa shape index (κ3) is 6.48. The van der Waals surface area contributed by atoms with Crippen LogP contribution >= 0.6 is 0 Å². The summed E-state index contributed by atoms with van der Waals surface area (Å²) in [5.41, 5.74) is 2.04. The van der Waals surface area contributed by atoms with Gasteiger partial charge in [0.15, 0.2) is 6.10 Å². The van der Waals surface area contributed by atoms with Crippen molar-refractivity contribution in [2.45, 2.75) is 70.3 Å². The topological polar surface area (TPSA) is 114 Å². The third-order valence-electron chi connectivity index (χ3n) is 7.73. The molecule has 40 heavy (non-hydrogen) atoms. The molecule has 0 saturated heterocycles. The van der Waals surface area contributed by atoms with Gasteiger partial charge in [-0.1, -0.05) is 6.07 Å². The summed E-state index contributed by atoms with van der Waals surface area (Å²) in [5, 5.41) is 12.1. The Kier molecular flexibility index (Phi) is 7.89. The van der Waals surface area contributed by atoms with Crippen molar-refractivity contribution in [1.82, 2.24) is 20.4 Å². The molecule has 0 spiro atoms. The summed E-state index contributed by atoms with van der Waals surface area (Å²) >= 11 is 0. The lowest BCUT2D eigenvalue weighted by Gasteiger charge is -2.28. The number of hydrogen-bond donors (Lipinski definition) is 3. The molecule has 9 nitrogen and oxygen atoms in total. The summed E-state index contributed by atoms with van der Waals surface area (Å²) in [5.74, 6) is -0.736. The summed E-state index contributed by atoms with van der Waals surface area (Å²) in [6.45, 7) is 2.57. The first-order valence-corrected chi connectivity index (χ1v) is 13.8. The summed E-state index contributed by atoms with van der Waals surface area (Å²) < 4.78 is 44.8. The van der Waals surface area contributed by atoms with E-state index >= 15 is 0 Å². The standard InChI is InChI=1S/C28H34F3N5O4/c1-15(2)36-21(9-11-33-36)25(37)35-23(22(16-3-4-16)17-5-6-17)26(38)34-19-7-8-20-18(13-19)10-12-40-24(20)27(39)32-14-28(29,30)31/h7-9,11,13,15-17,22-24H,3-6,10,12,14H2,1-2H3,(H,32,39)(H,34,38)(H,35,37)/t23-,24?/m0/s1. The number of alkyl halides is 3. The van der Waals surface area contributed by atoms with Gasteiger partial charge in [0.1, 0.15) is 18.3 Å². The zero-order chi connectivity index (χ0) is 28.6. The van der Waals surface area contributed by atoms with E-state index in [-0.39, 0.29) is 30.4 Å². The average molecular weight is 562 g/mol. The molecular weight excluding hydrogens is 527 g/mol. The van der Waals surface area contributed by atoms with Gasteiger partial charge < -0.3 is 20.7 Å². The second-order valence-corrected chi connectivity index (χ2v) is 11.2.